The maximum Gasteiger partial charge on any atom is 0.305 e. The maximum atomic E-state index is 12.5. The van der Waals surface area contributed by atoms with Crippen molar-refractivity contribution in [2.75, 3.05) is 13.2 Å². The fourth-order valence-corrected chi connectivity index (χ4v) is 10.4. The molecule has 2 atom stereocenters. The van der Waals surface area contributed by atoms with E-state index in [9.17, 15) is 19.8 Å². The van der Waals surface area contributed by atoms with Crippen molar-refractivity contribution in [2.45, 2.75) is 379 Å². The molecule has 0 aliphatic heterocycles. The van der Waals surface area contributed by atoms with E-state index in [1.54, 1.807) is 6.08 Å². The van der Waals surface area contributed by atoms with Gasteiger partial charge in [0.1, 0.15) is 0 Å². The van der Waals surface area contributed by atoms with Gasteiger partial charge in [0.25, 0.3) is 0 Å². The van der Waals surface area contributed by atoms with Crippen LogP contribution >= 0.6 is 0 Å². The summed E-state index contributed by atoms with van der Waals surface area (Å²) in [5, 5.41) is 23.2. The fourth-order valence-electron chi connectivity index (χ4n) is 10.4. The molecule has 6 heteroatoms. The quantitative estimate of drug-likeness (QED) is 0.0320. The van der Waals surface area contributed by atoms with Crippen molar-refractivity contribution in [3.05, 3.63) is 36.5 Å². The molecule has 442 valence electrons. The third-order valence-electron chi connectivity index (χ3n) is 15.6. The zero-order valence-electron chi connectivity index (χ0n) is 50.5. The number of nitrogens with one attached hydrogen (secondary N) is 1. The van der Waals surface area contributed by atoms with Crippen LogP contribution in [-0.4, -0.2) is 47.4 Å². The highest BCUT2D eigenvalue weighted by molar-refractivity contribution is 5.76. The zero-order chi connectivity index (χ0) is 54.3. The normalized spacial score (nSPS) is 12.7. The molecule has 6 nitrogen and oxygen atoms in total. The lowest BCUT2D eigenvalue weighted by molar-refractivity contribution is -0.143. The second-order valence-corrected chi connectivity index (χ2v) is 23.1. The minimum Gasteiger partial charge on any atom is -0.466 e. The Morgan fingerprint density at radius 3 is 0.947 bits per heavy atom. The van der Waals surface area contributed by atoms with E-state index < -0.39 is 12.1 Å². The zero-order valence-corrected chi connectivity index (χ0v) is 50.5. The number of unbranched alkanes of at least 4 members (excludes halogenated alkanes) is 48. The molecule has 0 saturated carbocycles. The lowest BCUT2D eigenvalue weighted by atomic mass is 10.0. The molecular formula is C69H131NO5. The molecule has 0 saturated heterocycles. The molecule has 0 aliphatic rings. The molecule has 1 amide bonds. The van der Waals surface area contributed by atoms with Crippen LogP contribution in [0.5, 0.6) is 0 Å². The van der Waals surface area contributed by atoms with Crippen LogP contribution in [-0.2, 0) is 14.3 Å². The van der Waals surface area contributed by atoms with Crippen LogP contribution in [0, 0.1) is 0 Å². The first kappa shape index (κ1) is 73.1. The van der Waals surface area contributed by atoms with E-state index >= 15 is 0 Å². The predicted molar refractivity (Wildman–Crippen MR) is 329 cm³/mol. The van der Waals surface area contributed by atoms with Gasteiger partial charge in [-0.3, -0.25) is 9.59 Å². The molecule has 75 heavy (non-hydrogen) atoms. The van der Waals surface area contributed by atoms with Crippen LogP contribution < -0.4 is 5.32 Å². The lowest BCUT2D eigenvalue weighted by Gasteiger charge is -2.20. The van der Waals surface area contributed by atoms with E-state index in [0.717, 1.165) is 70.6 Å². The summed E-state index contributed by atoms with van der Waals surface area (Å²) in [5.41, 5.74) is 0. The SMILES string of the molecule is CCCCCCCC/C=C\CCCCCCCCCCCC(=O)OCCCCCC/C=C\CCCCCCCCCC(=O)NC(CO)C(O)/C=C/CCCCCCCCCCCCCCCCCCCCCCCC. The van der Waals surface area contributed by atoms with Crippen molar-refractivity contribution in [3.8, 4) is 0 Å². The van der Waals surface area contributed by atoms with Gasteiger partial charge >= 0.3 is 5.97 Å². The van der Waals surface area contributed by atoms with Crippen molar-refractivity contribution < 1.29 is 24.5 Å². The van der Waals surface area contributed by atoms with Crippen LogP contribution in [0.25, 0.3) is 0 Å². The molecule has 0 fully saturated rings. The number of rotatable bonds is 63. The summed E-state index contributed by atoms with van der Waals surface area (Å²) >= 11 is 0. The van der Waals surface area contributed by atoms with Gasteiger partial charge in [-0.05, 0) is 83.5 Å². The van der Waals surface area contributed by atoms with Gasteiger partial charge in [0.2, 0.25) is 5.91 Å². The number of hydrogen-bond donors (Lipinski definition) is 3. The van der Waals surface area contributed by atoms with E-state index in [2.05, 4.69) is 43.5 Å². The highest BCUT2D eigenvalue weighted by Crippen LogP contribution is 2.18. The highest BCUT2D eigenvalue weighted by atomic mass is 16.5. The van der Waals surface area contributed by atoms with E-state index in [-0.39, 0.29) is 18.5 Å². The summed E-state index contributed by atoms with van der Waals surface area (Å²) in [5.74, 6) is -0.0907. The summed E-state index contributed by atoms with van der Waals surface area (Å²) in [7, 11) is 0. The van der Waals surface area contributed by atoms with Crippen molar-refractivity contribution in [2.24, 2.45) is 0 Å². The first-order valence-corrected chi connectivity index (χ1v) is 33.8. The lowest BCUT2D eigenvalue weighted by Crippen LogP contribution is -2.45. The highest BCUT2D eigenvalue weighted by Gasteiger charge is 2.18. The predicted octanol–water partition coefficient (Wildman–Crippen LogP) is 21.5. The summed E-state index contributed by atoms with van der Waals surface area (Å²) in [6.07, 6.45) is 82.0. The molecule has 0 bridgehead atoms. The van der Waals surface area contributed by atoms with Gasteiger partial charge in [-0.15, -0.1) is 0 Å². The van der Waals surface area contributed by atoms with Crippen molar-refractivity contribution in [1.82, 2.24) is 5.32 Å². The number of aliphatic hydroxyl groups is 2. The van der Waals surface area contributed by atoms with E-state index in [1.807, 2.05) is 6.08 Å². The molecule has 0 aromatic carbocycles. The average molecular weight is 1050 g/mol. The third kappa shape index (κ3) is 61.2. The molecule has 0 heterocycles. The number of carbonyl (C=O) groups is 2. The molecule has 0 aromatic heterocycles. The monoisotopic (exact) mass is 1050 g/mol. The summed E-state index contributed by atoms with van der Waals surface area (Å²) in [6.45, 7) is 4.89. The Morgan fingerprint density at radius 1 is 0.360 bits per heavy atom. The first-order valence-electron chi connectivity index (χ1n) is 33.8. The van der Waals surface area contributed by atoms with Gasteiger partial charge in [0.05, 0.1) is 25.4 Å². The fraction of sp³-hybridized carbons (Fsp3) is 0.884. The average Bonchev–Trinajstić information content (AvgIpc) is 3.41. The largest absolute Gasteiger partial charge is 0.466 e. The third-order valence-corrected chi connectivity index (χ3v) is 15.6. The van der Waals surface area contributed by atoms with Gasteiger partial charge in [0.15, 0.2) is 0 Å². The smallest absolute Gasteiger partial charge is 0.305 e. The topological polar surface area (TPSA) is 95.9 Å². The standard InChI is InChI=1S/C69H131NO5/c1-3-5-7-9-11-13-15-17-19-21-23-24-25-26-27-29-30-33-37-41-45-49-53-57-61-67(72)66(65-71)70-68(73)62-58-54-50-46-42-38-34-32-36-40-44-48-52-56-60-64-75-69(74)63-59-55-51-47-43-39-35-31-28-22-20-18-16-14-12-10-8-6-4-2/h18,20,36,40,57,61,66-67,71-72H,3-17,19,21-35,37-39,41-56,58-60,62-65H2,1-2H3,(H,70,73)/b20-18-,40-36-,61-57+. The molecule has 0 aliphatic carbocycles. The number of carbonyl (C=O) groups excluding carboxylic acids is 2. The number of aliphatic hydroxyl groups excluding tert-OH is 2. The Balaban J connectivity index is 3.48. The number of esters is 1. The van der Waals surface area contributed by atoms with Crippen LogP contribution in [0.3, 0.4) is 0 Å². The molecule has 2 unspecified atom stereocenters. The van der Waals surface area contributed by atoms with Crippen molar-refractivity contribution in [1.29, 1.82) is 0 Å². The molecule has 3 N–H and O–H groups in total. The molecule has 0 spiro atoms. The minimum atomic E-state index is -0.857. The van der Waals surface area contributed by atoms with Crippen molar-refractivity contribution >= 4 is 11.9 Å². The maximum absolute atomic E-state index is 12.5. The second kappa shape index (κ2) is 64.6. The van der Waals surface area contributed by atoms with Gasteiger partial charge in [-0.2, -0.15) is 0 Å². The minimum absolute atomic E-state index is 0.0109. The van der Waals surface area contributed by atoms with E-state index in [4.69, 9.17) is 4.74 Å². The Labute approximate surface area is 468 Å². The van der Waals surface area contributed by atoms with Gasteiger partial charge in [-0.25, -0.2) is 0 Å². The summed E-state index contributed by atoms with van der Waals surface area (Å²) in [6, 6.07) is -0.641. The van der Waals surface area contributed by atoms with Crippen LogP contribution in [0.1, 0.15) is 367 Å². The summed E-state index contributed by atoms with van der Waals surface area (Å²) < 4.78 is 5.48. The van der Waals surface area contributed by atoms with Crippen LogP contribution in [0.2, 0.25) is 0 Å². The number of hydrogen-bond acceptors (Lipinski definition) is 5. The first-order chi connectivity index (χ1) is 37.0. The molecular weight excluding hydrogens is 923 g/mol. The number of amides is 1. The summed E-state index contributed by atoms with van der Waals surface area (Å²) in [4.78, 5) is 24.6. The molecule has 0 aromatic rings. The van der Waals surface area contributed by atoms with Crippen molar-refractivity contribution in [3.63, 3.8) is 0 Å². The Bertz CT molecular complexity index is 1210. The van der Waals surface area contributed by atoms with Crippen LogP contribution in [0.15, 0.2) is 36.5 Å². The Morgan fingerprint density at radius 2 is 0.627 bits per heavy atom. The Hall–Kier alpha value is -1.92. The molecule has 0 rings (SSSR count). The van der Waals surface area contributed by atoms with E-state index in [1.165, 1.54) is 270 Å². The van der Waals surface area contributed by atoms with Gasteiger partial charge in [0, 0.05) is 12.8 Å². The van der Waals surface area contributed by atoms with Gasteiger partial charge in [-0.1, -0.05) is 307 Å². The second-order valence-electron chi connectivity index (χ2n) is 23.1. The number of allylic oxidation sites excluding steroid dienone is 5. The number of ether oxygens (including phenoxy) is 1. The van der Waals surface area contributed by atoms with E-state index in [0.29, 0.717) is 19.4 Å². The Kier molecular flexibility index (Phi) is 63.0. The van der Waals surface area contributed by atoms with Gasteiger partial charge < -0.3 is 20.3 Å². The van der Waals surface area contributed by atoms with Crippen LogP contribution in [0.4, 0.5) is 0 Å². The molecule has 0 radical (unpaired) electrons.